The molecule has 1 aliphatic rings. The Bertz CT molecular complexity index is 605. The Balaban J connectivity index is 2.20. The molecule has 2 heteroatoms. The topological polar surface area (TPSA) is 27.8 Å². The number of para-hydroxylation sites is 1. The lowest BCUT2D eigenvalue weighted by Crippen LogP contribution is -2.20. The quantitative estimate of drug-likeness (QED) is 0.789. The Morgan fingerprint density at radius 2 is 2.17 bits per heavy atom. The molecule has 2 heterocycles. The second-order valence-corrected chi connectivity index (χ2v) is 4.70. The van der Waals surface area contributed by atoms with Crippen LogP contribution in [0.2, 0.25) is 0 Å². The summed E-state index contributed by atoms with van der Waals surface area (Å²) in [6.45, 7) is 5.90. The van der Waals surface area contributed by atoms with Crippen LogP contribution in [0.4, 0.5) is 0 Å². The molecule has 0 unspecified atom stereocenters. The van der Waals surface area contributed by atoms with Gasteiger partial charge < -0.3 is 10.3 Å². The first-order valence-electron chi connectivity index (χ1n) is 6.50. The molecule has 92 valence electrons. The smallest absolute Gasteiger partial charge is 0.0462 e. The van der Waals surface area contributed by atoms with Gasteiger partial charge in [-0.2, -0.15) is 0 Å². The van der Waals surface area contributed by atoms with E-state index in [0.717, 1.165) is 25.9 Å². The summed E-state index contributed by atoms with van der Waals surface area (Å²) in [4.78, 5) is 3.53. The standard InChI is InChI=1S/C16H18N2/c1-2-5-15-16(12-8-10-17-11-9-12)13-6-3-4-7-14(13)18-15/h2-4,6-8,17-18H,1,5,9-11H2. The number of rotatable bonds is 3. The molecular weight excluding hydrogens is 220 g/mol. The summed E-state index contributed by atoms with van der Waals surface area (Å²) in [5.41, 5.74) is 5.37. The summed E-state index contributed by atoms with van der Waals surface area (Å²) in [7, 11) is 0. The van der Waals surface area contributed by atoms with Crippen LogP contribution in [0.15, 0.2) is 43.0 Å². The maximum atomic E-state index is 3.86. The van der Waals surface area contributed by atoms with E-state index in [2.05, 4.69) is 47.2 Å². The number of hydrogen-bond acceptors (Lipinski definition) is 1. The number of benzene rings is 1. The van der Waals surface area contributed by atoms with Crippen LogP contribution in [0, 0.1) is 0 Å². The fourth-order valence-electron chi connectivity index (χ4n) is 2.71. The van der Waals surface area contributed by atoms with Crippen LogP contribution < -0.4 is 5.32 Å². The molecule has 0 amide bonds. The minimum Gasteiger partial charge on any atom is -0.358 e. The summed E-state index contributed by atoms with van der Waals surface area (Å²) in [6, 6.07) is 8.54. The first-order valence-corrected chi connectivity index (χ1v) is 6.50. The third kappa shape index (κ3) is 1.89. The largest absolute Gasteiger partial charge is 0.358 e. The van der Waals surface area contributed by atoms with Crippen LogP contribution in [0.1, 0.15) is 17.7 Å². The minimum atomic E-state index is 0.898. The lowest BCUT2D eigenvalue weighted by Gasteiger charge is -2.15. The highest BCUT2D eigenvalue weighted by molar-refractivity contribution is 5.94. The van der Waals surface area contributed by atoms with Gasteiger partial charge in [0.15, 0.2) is 0 Å². The average molecular weight is 238 g/mol. The highest BCUT2D eigenvalue weighted by Crippen LogP contribution is 2.31. The molecule has 2 aromatic rings. The molecule has 0 radical (unpaired) electrons. The predicted octanol–water partition coefficient (Wildman–Crippen LogP) is 3.27. The molecule has 0 fully saturated rings. The van der Waals surface area contributed by atoms with Gasteiger partial charge >= 0.3 is 0 Å². The molecule has 0 saturated carbocycles. The Morgan fingerprint density at radius 1 is 1.28 bits per heavy atom. The van der Waals surface area contributed by atoms with Gasteiger partial charge in [-0.15, -0.1) is 6.58 Å². The number of hydrogen-bond donors (Lipinski definition) is 2. The van der Waals surface area contributed by atoms with Crippen LogP contribution >= 0.6 is 0 Å². The van der Waals surface area contributed by atoms with Gasteiger partial charge in [-0.3, -0.25) is 0 Å². The van der Waals surface area contributed by atoms with Crippen LogP contribution in [-0.2, 0) is 6.42 Å². The van der Waals surface area contributed by atoms with Gasteiger partial charge in [0, 0.05) is 35.1 Å². The van der Waals surface area contributed by atoms with Crippen molar-refractivity contribution in [2.45, 2.75) is 12.8 Å². The molecule has 1 aromatic heterocycles. The van der Waals surface area contributed by atoms with Crippen LogP contribution in [0.25, 0.3) is 16.5 Å². The van der Waals surface area contributed by atoms with Crippen molar-refractivity contribution in [3.63, 3.8) is 0 Å². The molecule has 0 bridgehead atoms. The number of fused-ring (bicyclic) bond motifs is 1. The van der Waals surface area contributed by atoms with Crippen molar-refractivity contribution in [2.24, 2.45) is 0 Å². The number of aromatic amines is 1. The zero-order chi connectivity index (χ0) is 12.4. The van der Waals surface area contributed by atoms with Crippen molar-refractivity contribution >= 4 is 16.5 Å². The summed E-state index contributed by atoms with van der Waals surface area (Å²) in [5.74, 6) is 0. The zero-order valence-electron chi connectivity index (χ0n) is 10.5. The molecule has 1 aromatic carbocycles. The number of aromatic nitrogens is 1. The van der Waals surface area contributed by atoms with Gasteiger partial charge in [-0.25, -0.2) is 0 Å². The van der Waals surface area contributed by atoms with Crippen molar-refractivity contribution in [3.8, 4) is 0 Å². The second-order valence-electron chi connectivity index (χ2n) is 4.70. The maximum Gasteiger partial charge on any atom is 0.0462 e. The van der Waals surface area contributed by atoms with E-state index in [1.165, 1.54) is 27.7 Å². The summed E-state index contributed by atoms with van der Waals surface area (Å²) < 4.78 is 0. The van der Waals surface area contributed by atoms with Crippen LogP contribution in [0.5, 0.6) is 0 Å². The van der Waals surface area contributed by atoms with E-state index in [9.17, 15) is 0 Å². The van der Waals surface area contributed by atoms with Crippen molar-refractivity contribution < 1.29 is 0 Å². The Hall–Kier alpha value is -1.80. The lowest BCUT2D eigenvalue weighted by atomic mass is 9.96. The number of nitrogens with one attached hydrogen (secondary N) is 2. The van der Waals surface area contributed by atoms with E-state index >= 15 is 0 Å². The summed E-state index contributed by atoms with van der Waals surface area (Å²) >= 11 is 0. The van der Waals surface area contributed by atoms with Gasteiger partial charge in [0.2, 0.25) is 0 Å². The molecule has 0 saturated heterocycles. The average Bonchev–Trinajstić information content (AvgIpc) is 2.78. The molecule has 0 atom stereocenters. The maximum absolute atomic E-state index is 3.86. The van der Waals surface area contributed by atoms with Crippen LogP contribution in [0.3, 0.4) is 0 Å². The first kappa shape index (κ1) is 11.3. The third-order valence-corrected chi connectivity index (χ3v) is 3.52. The normalized spacial score (nSPS) is 15.7. The van der Waals surface area contributed by atoms with E-state index < -0.39 is 0 Å². The highest BCUT2D eigenvalue weighted by Gasteiger charge is 2.15. The van der Waals surface area contributed by atoms with Gasteiger partial charge in [0.1, 0.15) is 0 Å². The van der Waals surface area contributed by atoms with Crippen molar-refractivity contribution in [3.05, 3.63) is 54.3 Å². The van der Waals surface area contributed by atoms with Crippen molar-refractivity contribution in [2.75, 3.05) is 13.1 Å². The molecule has 2 N–H and O–H groups in total. The van der Waals surface area contributed by atoms with Crippen LogP contribution in [-0.4, -0.2) is 18.1 Å². The van der Waals surface area contributed by atoms with Gasteiger partial charge in [-0.1, -0.05) is 30.4 Å². The molecule has 0 spiro atoms. The molecule has 18 heavy (non-hydrogen) atoms. The predicted molar refractivity (Wildman–Crippen MR) is 77.7 cm³/mol. The number of H-pyrrole nitrogens is 1. The third-order valence-electron chi connectivity index (χ3n) is 3.52. The molecule has 3 rings (SSSR count). The first-order chi connectivity index (χ1) is 8.90. The summed E-state index contributed by atoms with van der Waals surface area (Å²) in [6.07, 6.45) is 6.28. The molecule has 1 aliphatic heterocycles. The van der Waals surface area contributed by atoms with E-state index in [-0.39, 0.29) is 0 Å². The van der Waals surface area contributed by atoms with Crippen molar-refractivity contribution in [1.29, 1.82) is 0 Å². The Labute approximate surface area is 107 Å². The fraction of sp³-hybridized carbons (Fsp3) is 0.250. The monoisotopic (exact) mass is 238 g/mol. The Morgan fingerprint density at radius 3 is 2.94 bits per heavy atom. The van der Waals surface area contributed by atoms with Crippen molar-refractivity contribution in [1.82, 2.24) is 10.3 Å². The zero-order valence-corrected chi connectivity index (χ0v) is 10.5. The van der Waals surface area contributed by atoms with Gasteiger partial charge in [0.25, 0.3) is 0 Å². The summed E-state index contributed by atoms with van der Waals surface area (Å²) in [5, 5.41) is 4.71. The molecular formula is C16H18N2. The highest BCUT2D eigenvalue weighted by atomic mass is 14.9. The second kappa shape index (κ2) is 4.83. The molecule has 0 aliphatic carbocycles. The van der Waals surface area contributed by atoms with E-state index in [0.29, 0.717) is 0 Å². The van der Waals surface area contributed by atoms with E-state index in [1.54, 1.807) is 0 Å². The minimum absolute atomic E-state index is 0.898. The fourth-order valence-corrected chi connectivity index (χ4v) is 2.71. The Kier molecular flexibility index (Phi) is 3.03. The van der Waals surface area contributed by atoms with Gasteiger partial charge in [-0.05, 0) is 24.6 Å². The number of allylic oxidation sites excluding steroid dienone is 1. The lowest BCUT2D eigenvalue weighted by molar-refractivity contribution is 0.738. The van der Waals surface area contributed by atoms with E-state index in [4.69, 9.17) is 0 Å². The SMILES string of the molecule is C=CCc1[nH]c2ccccc2c1C1=CCNCC1. The van der Waals surface area contributed by atoms with E-state index in [1.807, 2.05) is 6.08 Å². The van der Waals surface area contributed by atoms with Gasteiger partial charge in [0.05, 0.1) is 0 Å². The molecule has 2 nitrogen and oxygen atoms in total.